The molecule has 0 unspecified atom stereocenters. The SMILES string of the molecule is O=C(Cn1cnc2ccccc2c1=O)NCC(=O)Nc1ccc(F)cc1Cl. The van der Waals surface area contributed by atoms with Crippen LogP contribution in [-0.4, -0.2) is 27.9 Å². The second kappa shape index (κ2) is 7.96. The summed E-state index contributed by atoms with van der Waals surface area (Å²) in [7, 11) is 0. The number of carbonyl (C=O) groups is 2. The quantitative estimate of drug-likeness (QED) is 0.698. The number of amides is 2. The van der Waals surface area contributed by atoms with Crippen molar-refractivity contribution in [2.75, 3.05) is 11.9 Å². The summed E-state index contributed by atoms with van der Waals surface area (Å²) in [5, 5.41) is 5.31. The Hall–Kier alpha value is -3.26. The van der Waals surface area contributed by atoms with Gasteiger partial charge in [0.15, 0.2) is 0 Å². The van der Waals surface area contributed by atoms with Crippen molar-refractivity contribution in [2.45, 2.75) is 6.54 Å². The highest BCUT2D eigenvalue weighted by Crippen LogP contribution is 2.22. The maximum atomic E-state index is 13.0. The molecule has 0 spiro atoms. The number of fused-ring (bicyclic) bond motifs is 1. The van der Waals surface area contributed by atoms with Crippen molar-refractivity contribution < 1.29 is 14.0 Å². The Morgan fingerprint density at radius 3 is 2.70 bits per heavy atom. The van der Waals surface area contributed by atoms with Crippen LogP contribution >= 0.6 is 11.6 Å². The number of nitrogens with zero attached hydrogens (tertiary/aromatic N) is 2. The normalized spacial score (nSPS) is 10.6. The van der Waals surface area contributed by atoms with Crippen molar-refractivity contribution in [3.05, 3.63) is 70.0 Å². The summed E-state index contributed by atoms with van der Waals surface area (Å²) < 4.78 is 14.1. The Morgan fingerprint density at radius 2 is 1.93 bits per heavy atom. The monoisotopic (exact) mass is 388 g/mol. The van der Waals surface area contributed by atoms with Crippen LogP contribution in [0.1, 0.15) is 0 Å². The van der Waals surface area contributed by atoms with Gasteiger partial charge in [0.25, 0.3) is 5.56 Å². The average molecular weight is 389 g/mol. The minimum absolute atomic E-state index is 0.0449. The van der Waals surface area contributed by atoms with Crippen molar-refractivity contribution in [1.29, 1.82) is 0 Å². The minimum atomic E-state index is -0.541. The Bertz CT molecular complexity index is 1080. The summed E-state index contributed by atoms with van der Waals surface area (Å²) >= 11 is 5.82. The van der Waals surface area contributed by atoms with E-state index in [1.54, 1.807) is 24.3 Å². The molecule has 3 rings (SSSR count). The first-order chi connectivity index (χ1) is 12.9. The molecular formula is C18H14ClFN4O3. The van der Waals surface area contributed by atoms with E-state index in [0.29, 0.717) is 10.9 Å². The maximum absolute atomic E-state index is 13.0. The van der Waals surface area contributed by atoms with Crippen LogP contribution in [-0.2, 0) is 16.1 Å². The fraction of sp³-hybridized carbons (Fsp3) is 0.111. The summed E-state index contributed by atoms with van der Waals surface area (Å²) in [5.74, 6) is -1.60. The van der Waals surface area contributed by atoms with Gasteiger partial charge in [0.1, 0.15) is 12.4 Å². The van der Waals surface area contributed by atoms with E-state index in [1.165, 1.54) is 12.4 Å². The Morgan fingerprint density at radius 1 is 1.15 bits per heavy atom. The minimum Gasteiger partial charge on any atom is -0.345 e. The zero-order valence-corrected chi connectivity index (χ0v) is 14.7. The van der Waals surface area contributed by atoms with Crippen LogP contribution in [0.15, 0.2) is 53.6 Å². The molecule has 9 heteroatoms. The lowest BCUT2D eigenvalue weighted by Crippen LogP contribution is -2.37. The number of carbonyl (C=O) groups excluding carboxylic acids is 2. The van der Waals surface area contributed by atoms with Gasteiger partial charge in [0.2, 0.25) is 11.8 Å². The van der Waals surface area contributed by atoms with Crippen LogP contribution in [0.5, 0.6) is 0 Å². The molecule has 1 heterocycles. The van der Waals surface area contributed by atoms with Gasteiger partial charge in [0.05, 0.1) is 34.5 Å². The topological polar surface area (TPSA) is 93.1 Å². The van der Waals surface area contributed by atoms with Crippen molar-refractivity contribution in [1.82, 2.24) is 14.9 Å². The molecule has 0 radical (unpaired) electrons. The van der Waals surface area contributed by atoms with Gasteiger partial charge in [-0.25, -0.2) is 9.37 Å². The molecule has 27 heavy (non-hydrogen) atoms. The first-order valence-corrected chi connectivity index (χ1v) is 8.27. The Labute approximate surface area is 157 Å². The summed E-state index contributed by atoms with van der Waals surface area (Å²) in [4.78, 5) is 40.4. The third-order valence-electron chi connectivity index (χ3n) is 3.70. The predicted octanol–water partition coefficient (Wildman–Crippen LogP) is 1.94. The number of benzene rings is 2. The van der Waals surface area contributed by atoms with E-state index < -0.39 is 17.6 Å². The van der Waals surface area contributed by atoms with Crippen LogP contribution in [0.2, 0.25) is 5.02 Å². The second-order valence-corrected chi connectivity index (χ2v) is 6.05. The second-order valence-electron chi connectivity index (χ2n) is 5.64. The molecule has 2 N–H and O–H groups in total. The van der Waals surface area contributed by atoms with E-state index >= 15 is 0 Å². The highest BCUT2D eigenvalue weighted by molar-refractivity contribution is 6.33. The molecule has 2 aromatic carbocycles. The van der Waals surface area contributed by atoms with Crippen LogP contribution < -0.4 is 16.2 Å². The van der Waals surface area contributed by atoms with Crippen molar-refractivity contribution in [3.8, 4) is 0 Å². The van der Waals surface area contributed by atoms with Crippen LogP contribution in [0, 0.1) is 5.82 Å². The van der Waals surface area contributed by atoms with Crippen molar-refractivity contribution in [3.63, 3.8) is 0 Å². The molecule has 0 aliphatic rings. The van der Waals surface area contributed by atoms with Crippen molar-refractivity contribution >= 4 is 40.0 Å². The Balaban J connectivity index is 1.59. The van der Waals surface area contributed by atoms with Gasteiger partial charge in [-0.2, -0.15) is 0 Å². The molecule has 0 aliphatic carbocycles. The highest BCUT2D eigenvalue weighted by Gasteiger charge is 2.11. The predicted molar refractivity (Wildman–Crippen MR) is 99.1 cm³/mol. The van der Waals surface area contributed by atoms with E-state index in [1.807, 2.05) is 0 Å². The van der Waals surface area contributed by atoms with Gasteiger partial charge in [-0.05, 0) is 30.3 Å². The fourth-order valence-corrected chi connectivity index (χ4v) is 2.61. The molecule has 0 saturated carbocycles. The standard InChI is InChI=1S/C18H14ClFN4O3/c19-13-7-11(20)5-6-15(13)23-16(25)8-21-17(26)9-24-10-22-14-4-2-1-3-12(14)18(24)27/h1-7,10H,8-9H2,(H,21,26)(H,23,25). The molecule has 0 fully saturated rings. The van der Waals surface area contributed by atoms with E-state index in [0.717, 1.165) is 16.7 Å². The van der Waals surface area contributed by atoms with Crippen LogP contribution in [0.4, 0.5) is 10.1 Å². The van der Waals surface area contributed by atoms with Gasteiger partial charge < -0.3 is 10.6 Å². The lowest BCUT2D eigenvalue weighted by Gasteiger charge is -2.09. The molecule has 0 saturated heterocycles. The number of rotatable bonds is 5. The van der Waals surface area contributed by atoms with E-state index in [4.69, 9.17) is 11.6 Å². The number of aromatic nitrogens is 2. The zero-order chi connectivity index (χ0) is 19.4. The maximum Gasteiger partial charge on any atom is 0.261 e. The number of hydrogen-bond acceptors (Lipinski definition) is 4. The summed E-state index contributed by atoms with van der Waals surface area (Å²) in [5.41, 5.74) is 0.417. The molecule has 7 nitrogen and oxygen atoms in total. The Kier molecular flexibility index (Phi) is 5.46. The zero-order valence-electron chi connectivity index (χ0n) is 13.9. The van der Waals surface area contributed by atoms with Crippen LogP contribution in [0.25, 0.3) is 10.9 Å². The van der Waals surface area contributed by atoms with Gasteiger partial charge >= 0.3 is 0 Å². The molecule has 0 bridgehead atoms. The number of nitrogens with one attached hydrogen (secondary N) is 2. The fourth-order valence-electron chi connectivity index (χ4n) is 2.39. The molecule has 0 atom stereocenters. The largest absolute Gasteiger partial charge is 0.345 e. The average Bonchev–Trinajstić information content (AvgIpc) is 2.65. The van der Waals surface area contributed by atoms with Gasteiger partial charge in [-0.15, -0.1) is 0 Å². The smallest absolute Gasteiger partial charge is 0.261 e. The molecule has 2 amide bonds. The molecular weight excluding hydrogens is 375 g/mol. The van der Waals surface area contributed by atoms with E-state index in [9.17, 15) is 18.8 Å². The third-order valence-corrected chi connectivity index (χ3v) is 4.01. The first-order valence-electron chi connectivity index (χ1n) is 7.90. The number of halogens is 2. The summed E-state index contributed by atoms with van der Waals surface area (Å²) in [6, 6.07) is 10.3. The number of anilines is 1. The van der Waals surface area contributed by atoms with Gasteiger partial charge in [-0.1, -0.05) is 23.7 Å². The molecule has 3 aromatic rings. The van der Waals surface area contributed by atoms with Crippen LogP contribution in [0.3, 0.4) is 0 Å². The number of hydrogen-bond donors (Lipinski definition) is 2. The molecule has 1 aromatic heterocycles. The van der Waals surface area contributed by atoms with E-state index in [-0.39, 0.29) is 29.4 Å². The highest BCUT2D eigenvalue weighted by atomic mass is 35.5. The summed E-state index contributed by atoms with van der Waals surface area (Å²) in [6.07, 6.45) is 1.28. The first kappa shape index (κ1) is 18.5. The van der Waals surface area contributed by atoms with E-state index in [2.05, 4.69) is 15.6 Å². The molecule has 138 valence electrons. The summed E-state index contributed by atoms with van der Waals surface area (Å²) in [6.45, 7) is -0.608. The molecule has 0 aliphatic heterocycles. The third kappa shape index (κ3) is 4.48. The lowest BCUT2D eigenvalue weighted by molar-refractivity contribution is -0.124. The number of para-hydroxylation sites is 1. The lowest BCUT2D eigenvalue weighted by atomic mass is 10.2. The van der Waals surface area contributed by atoms with Crippen molar-refractivity contribution in [2.24, 2.45) is 0 Å². The van der Waals surface area contributed by atoms with Gasteiger partial charge in [-0.3, -0.25) is 19.0 Å². The van der Waals surface area contributed by atoms with Gasteiger partial charge in [0, 0.05) is 0 Å².